The van der Waals surface area contributed by atoms with E-state index in [1.54, 1.807) is 37.3 Å². The largest absolute Gasteiger partial charge is 0.293 e. The van der Waals surface area contributed by atoms with Crippen molar-refractivity contribution in [3.05, 3.63) is 101 Å². The van der Waals surface area contributed by atoms with Gasteiger partial charge >= 0.3 is 0 Å². The molecule has 0 saturated heterocycles. The number of rotatable bonds is 6. The van der Waals surface area contributed by atoms with E-state index in [1.165, 1.54) is 30.3 Å². The summed E-state index contributed by atoms with van der Waals surface area (Å²) in [6, 6.07) is 17.2. The van der Waals surface area contributed by atoms with Crippen LogP contribution in [0.25, 0.3) is 0 Å². The Bertz CT molecular complexity index is 1070. The molecule has 1 unspecified atom stereocenters. The molecular weight excluding hydrogens is 382 g/mol. The van der Waals surface area contributed by atoms with Crippen molar-refractivity contribution in [1.29, 1.82) is 0 Å². The summed E-state index contributed by atoms with van der Waals surface area (Å²) in [5.41, 5.74) is 0.595. The SMILES string of the molecule is Cc1ccc(S(=O)(=O)C(Cc2c(F)cccc2F)C(=O)c2ccccc2)cc1. The molecule has 0 saturated carbocycles. The van der Waals surface area contributed by atoms with E-state index < -0.39 is 44.5 Å². The molecule has 0 heterocycles. The summed E-state index contributed by atoms with van der Waals surface area (Å²) in [6.45, 7) is 1.80. The molecule has 0 spiro atoms. The fraction of sp³-hybridized carbons (Fsp3) is 0.136. The zero-order valence-electron chi connectivity index (χ0n) is 15.1. The van der Waals surface area contributed by atoms with E-state index in [1.807, 2.05) is 0 Å². The lowest BCUT2D eigenvalue weighted by atomic mass is 10.0. The maximum Gasteiger partial charge on any atom is 0.189 e. The van der Waals surface area contributed by atoms with E-state index in [0.717, 1.165) is 17.7 Å². The highest BCUT2D eigenvalue weighted by molar-refractivity contribution is 7.92. The minimum absolute atomic E-state index is 0.0656. The molecule has 0 radical (unpaired) electrons. The quantitative estimate of drug-likeness (QED) is 0.571. The van der Waals surface area contributed by atoms with Crippen LogP contribution in [0.2, 0.25) is 0 Å². The van der Waals surface area contributed by atoms with Crippen LogP contribution in [0.4, 0.5) is 8.78 Å². The predicted octanol–water partition coefficient (Wildman–Crippen LogP) is 4.54. The van der Waals surface area contributed by atoms with Crippen LogP contribution in [0.3, 0.4) is 0 Å². The van der Waals surface area contributed by atoms with Crippen molar-refractivity contribution in [2.45, 2.75) is 23.5 Å². The van der Waals surface area contributed by atoms with Crippen molar-refractivity contribution in [2.24, 2.45) is 0 Å². The maximum absolute atomic E-state index is 14.2. The molecule has 0 bridgehead atoms. The minimum atomic E-state index is -4.18. The summed E-state index contributed by atoms with van der Waals surface area (Å²) < 4.78 is 54.8. The van der Waals surface area contributed by atoms with Crippen LogP contribution in [0, 0.1) is 18.6 Å². The van der Waals surface area contributed by atoms with Gasteiger partial charge in [-0.3, -0.25) is 4.79 Å². The minimum Gasteiger partial charge on any atom is -0.293 e. The molecule has 3 aromatic carbocycles. The zero-order valence-corrected chi connectivity index (χ0v) is 15.9. The molecule has 3 nitrogen and oxygen atoms in total. The van der Waals surface area contributed by atoms with Gasteiger partial charge in [0.1, 0.15) is 16.9 Å². The van der Waals surface area contributed by atoms with Crippen LogP contribution in [-0.2, 0) is 16.3 Å². The molecule has 0 aliphatic heterocycles. The van der Waals surface area contributed by atoms with Crippen molar-refractivity contribution in [3.8, 4) is 0 Å². The van der Waals surface area contributed by atoms with Gasteiger partial charge in [0.15, 0.2) is 15.6 Å². The average Bonchev–Trinajstić information content (AvgIpc) is 2.68. The lowest BCUT2D eigenvalue weighted by molar-refractivity contribution is 0.0986. The van der Waals surface area contributed by atoms with Gasteiger partial charge in [0.25, 0.3) is 0 Å². The summed E-state index contributed by atoms with van der Waals surface area (Å²) in [5.74, 6) is -2.47. The topological polar surface area (TPSA) is 51.2 Å². The van der Waals surface area contributed by atoms with Crippen LogP contribution in [0.15, 0.2) is 77.7 Å². The number of carbonyl (C=O) groups excluding carboxylic acids is 1. The van der Waals surface area contributed by atoms with E-state index in [4.69, 9.17) is 0 Å². The van der Waals surface area contributed by atoms with Gasteiger partial charge in [0.05, 0.1) is 4.90 Å². The Morgan fingerprint density at radius 3 is 2.00 bits per heavy atom. The third kappa shape index (κ3) is 4.02. The number of carbonyl (C=O) groups is 1. The van der Waals surface area contributed by atoms with Crippen LogP contribution in [0.1, 0.15) is 21.5 Å². The molecular formula is C22H18F2O3S. The number of Topliss-reactive ketones (excluding diaryl/α,β-unsaturated/α-hetero) is 1. The average molecular weight is 400 g/mol. The molecule has 3 aromatic rings. The fourth-order valence-electron chi connectivity index (χ4n) is 2.94. The summed E-state index contributed by atoms with van der Waals surface area (Å²) in [7, 11) is -4.18. The molecule has 0 aliphatic rings. The molecule has 0 fully saturated rings. The molecule has 28 heavy (non-hydrogen) atoms. The number of hydrogen-bond donors (Lipinski definition) is 0. The van der Waals surface area contributed by atoms with Gasteiger partial charge in [-0.05, 0) is 31.2 Å². The van der Waals surface area contributed by atoms with Crippen molar-refractivity contribution in [2.75, 3.05) is 0 Å². The van der Waals surface area contributed by atoms with Gasteiger partial charge in [-0.2, -0.15) is 0 Å². The van der Waals surface area contributed by atoms with Gasteiger partial charge < -0.3 is 0 Å². The van der Waals surface area contributed by atoms with E-state index in [-0.39, 0.29) is 10.5 Å². The lowest BCUT2D eigenvalue weighted by Crippen LogP contribution is -2.33. The first-order valence-electron chi connectivity index (χ1n) is 8.63. The smallest absolute Gasteiger partial charge is 0.189 e. The van der Waals surface area contributed by atoms with Gasteiger partial charge in [-0.1, -0.05) is 54.1 Å². The van der Waals surface area contributed by atoms with Crippen LogP contribution < -0.4 is 0 Å². The molecule has 3 rings (SSSR count). The predicted molar refractivity (Wildman–Crippen MR) is 103 cm³/mol. The monoisotopic (exact) mass is 400 g/mol. The second-order valence-electron chi connectivity index (χ2n) is 6.48. The third-order valence-electron chi connectivity index (χ3n) is 4.53. The number of hydrogen-bond acceptors (Lipinski definition) is 3. The summed E-state index contributed by atoms with van der Waals surface area (Å²) in [6.07, 6.45) is -0.595. The Morgan fingerprint density at radius 1 is 0.857 bits per heavy atom. The maximum atomic E-state index is 14.2. The number of benzene rings is 3. The number of aryl methyl sites for hydroxylation is 1. The number of halogens is 2. The fourth-order valence-corrected chi connectivity index (χ4v) is 4.58. The van der Waals surface area contributed by atoms with Crippen molar-refractivity contribution in [1.82, 2.24) is 0 Å². The highest BCUT2D eigenvalue weighted by Crippen LogP contribution is 2.25. The molecule has 0 aromatic heterocycles. The second-order valence-corrected chi connectivity index (χ2v) is 8.61. The first-order valence-corrected chi connectivity index (χ1v) is 10.2. The van der Waals surface area contributed by atoms with Gasteiger partial charge in [0, 0.05) is 17.5 Å². The number of sulfone groups is 1. The summed E-state index contributed by atoms with van der Waals surface area (Å²) in [5, 5.41) is -1.65. The Kier molecular flexibility index (Phi) is 5.70. The number of ketones is 1. The third-order valence-corrected chi connectivity index (χ3v) is 6.59. The second kappa shape index (κ2) is 8.02. The molecule has 0 amide bonds. The van der Waals surface area contributed by atoms with Crippen molar-refractivity contribution in [3.63, 3.8) is 0 Å². The zero-order chi connectivity index (χ0) is 20.3. The Balaban J connectivity index is 2.11. The van der Waals surface area contributed by atoms with E-state index >= 15 is 0 Å². The van der Waals surface area contributed by atoms with Crippen LogP contribution >= 0.6 is 0 Å². The van der Waals surface area contributed by atoms with Crippen LogP contribution in [0.5, 0.6) is 0 Å². The molecule has 1 atom stereocenters. The molecule has 0 aliphatic carbocycles. The Hall–Kier alpha value is -2.86. The Labute approximate surface area is 162 Å². The highest BCUT2D eigenvalue weighted by Gasteiger charge is 2.36. The molecule has 0 N–H and O–H groups in total. The van der Waals surface area contributed by atoms with Crippen molar-refractivity contribution < 1.29 is 22.0 Å². The summed E-state index contributed by atoms with van der Waals surface area (Å²) >= 11 is 0. The van der Waals surface area contributed by atoms with Gasteiger partial charge in [0.2, 0.25) is 0 Å². The lowest BCUT2D eigenvalue weighted by Gasteiger charge is -2.18. The van der Waals surface area contributed by atoms with E-state index in [0.29, 0.717) is 0 Å². The molecule has 144 valence electrons. The van der Waals surface area contributed by atoms with Crippen LogP contribution in [-0.4, -0.2) is 19.5 Å². The normalized spacial score (nSPS) is 12.5. The van der Waals surface area contributed by atoms with Gasteiger partial charge in [-0.15, -0.1) is 0 Å². The van der Waals surface area contributed by atoms with Gasteiger partial charge in [-0.25, -0.2) is 17.2 Å². The summed E-state index contributed by atoms with van der Waals surface area (Å²) in [4.78, 5) is 13.0. The van der Waals surface area contributed by atoms with Crippen molar-refractivity contribution >= 4 is 15.6 Å². The first-order chi connectivity index (χ1) is 13.3. The first kappa shape index (κ1) is 19.9. The standard InChI is InChI=1S/C22H18F2O3S/c1-15-10-12-17(13-11-15)28(26,27)21(22(25)16-6-3-2-4-7-16)14-18-19(23)8-5-9-20(18)24/h2-13,21H,14H2,1H3. The Morgan fingerprint density at radius 2 is 1.43 bits per heavy atom. The van der Waals surface area contributed by atoms with E-state index in [9.17, 15) is 22.0 Å². The highest BCUT2D eigenvalue weighted by atomic mass is 32.2. The molecule has 6 heteroatoms. The van der Waals surface area contributed by atoms with E-state index in [2.05, 4.69) is 0 Å².